The molecule has 7 heteroatoms. The van der Waals surface area contributed by atoms with Gasteiger partial charge in [0.25, 0.3) is 5.91 Å². The Hall–Kier alpha value is -3.04. The van der Waals surface area contributed by atoms with Crippen LogP contribution in [0.15, 0.2) is 43.1 Å². The average Bonchev–Trinajstić information content (AvgIpc) is 2.54. The highest BCUT2D eigenvalue weighted by Gasteiger charge is 2.19. The number of nitrogens with zero attached hydrogens (tertiary/aromatic N) is 2. The fourth-order valence-electron chi connectivity index (χ4n) is 1.83. The molecule has 0 spiro atoms. The number of rotatable bonds is 5. The van der Waals surface area contributed by atoms with Gasteiger partial charge in [0.15, 0.2) is 0 Å². The standard InChI is InChI=1S/C16H13ClN4O2/c1-2-7-23-13-5-6-20-15(17)14(13)16(22)21-12-4-3-10(9-18)8-11(12)19/h2-6,8H,1,7,19H2,(H,21,22). The van der Waals surface area contributed by atoms with Crippen LogP contribution in [-0.2, 0) is 0 Å². The fourth-order valence-corrected chi connectivity index (χ4v) is 2.06. The van der Waals surface area contributed by atoms with Crippen LogP contribution >= 0.6 is 11.6 Å². The summed E-state index contributed by atoms with van der Waals surface area (Å²) < 4.78 is 5.42. The summed E-state index contributed by atoms with van der Waals surface area (Å²) >= 11 is 6.00. The number of ether oxygens (including phenoxy) is 1. The molecule has 1 amide bonds. The fraction of sp³-hybridized carbons (Fsp3) is 0.0625. The Morgan fingerprint density at radius 1 is 1.52 bits per heavy atom. The van der Waals surface area contributed by atoms with Gasteiger partial charge in [0, 0.05) is 6.20 Å². The molecule has 0 aliphatic heterocycles. The number of nitrogen functional groups attached to an aromatic ring is 1. The van der Waals surface area contributed by atoms with Crippen LogP contribution in [0.25, 0.3) is 0 Å². The molecule has 0 aliphatic carbocycles. The van der Waals surface area contributed by atoms with Crippen molar-refractivity contribution in [2.75, 3.05) is 17.7 Å². The highest BCUT2D eigenvalue weighted by molar-refractivity contribution is 6.33. The summed E-state index contributed by atoms with van der Waals surface area (Å²) in [6.07, 6.45) is 2.99. The number of pyridine rings is 1. The Morgan fingerprint density at radius 2 is 2.30 bits per heavy atom. The third-order valence-electron chi connectivity index (χ3n) is 2.88. The van der Waals surface area contributed by atoms with Crippen molar-refractivity contribution in [2.24, 2.45) is 0 Å². The second kappa shape index (κ2) is 7.29. The Bertz CT molecular complexity index is 799. The van der Waals surface area contributed by atoms with Crippen LogP contribution < -0.4 is 15.8 Å². The van der Waals surface area contributed by atoms with E-state index in [0.29, 0.717) is 11.3 Å². The van der Waals surface area contributed by atoms with Gasteiger partial charge in [0.2, 0.25) is 0 Å². The van der Waals surface area contributed by atoms with Crippen molar-refractivity contribution >= 4 is 28.9 Å². The molecule has 0 unspecified atom stereocenters. The summed E-state index contributed by atoms with van der Waals surface area (Å²) in [5, 5.41) is 11.5. The van der Waals surface area contributed by atoms with Gasteiger partial charge in [0.05, 0.1) is 23.0 Å². The minimum atomic E-state index is -0.515. The lowest BCUT2D eigenvalue weighted by Gasteiger charge is -2.12. The van der Waals surface area contributed by atoms with Crippen LogP contribution in [0.1, 0.15) is 15.9 Å². The molecule has 0 saturated heterocycles. The number of nitrogens with one attached hydrogen (secondary N) is 1. The summed E-state index contributed by atoms with van der Waals surface area (Å²) in [7, 11) is 0. The first kappa shape index (κ1) is 16.3. The average molecular weight is 329 g/mol. The summed E-state index contributed by atoms with van der Waals surface area (Å²) in [6.45, 7) is 3.77. The van der Waals surface area contributed by atoms with Crippen molar-refractivity contribution in [3.05, 3.63) is 59.4 Å². The highest BCUT2D eigenvalue weighted by Crippen LogP contribution is 2.27. The van der Waals surface area contributed by atoms with E-state index in [-0.39, 0.29) is 28.8 Å². The van der Waals surface area contributed by atoms with Gasteiger partial charge >= 0.3 is 0 Å². The van der Waals surface area contributed by atoms with Crippen LogP contribution in [0.5, 0.6) is 5.75 Å². The minimum absolute atomic E-state index is 0.0104. The van der Waals surface area contributed by atoms with Crippen LogP contribution in [-0.4, -0.2) is 17.5 Å². The number of carbonyl (C=O) groups excluding carboxylic acids is 1. The number of amides is 1. The number of carbonyl (C=O) groups is 1. The van der Waals surface area contributed by atoms with E-state index in [9.17, 15) is 4.79 Å². The molecule has 116 valence electrons. The van der Waals surface area contributed by atoms with E-state index < -0.39 is 5.91 Å². The van der Waals surface area contributed by atoms with Crippen molar-refractivity contribution in [2.45, 2.75) is 0 Å². The van der Waals surface area contributed by atoms with Gasteiger partial charge < -0.3 is 15.8 Å². The van der Waals surface area contributed by atoms with E-state index in [0.717, 1.165) is 0 Å². The third-order valence-corrected chi connectivity index (χ3v) is 3.17. The number of aromatic nitrogens is 1. The number of hydrogen-bond donors (Lipinski definition) is 2. The first-order chi connectivity index (χ1) is 11.1. The van der Waals surface area contributed by atoms with E-state index in [2.05, 4.69) is 16.9 Å². The topological polar surface area (TPSA) is 101 Å². The van der Waals surface area contributed by atoms with Crippen LogP contribution in [0.4, 0.5) is 11.4 Å². The quantitative estimate of drug-likeness (QED) is 0.499. The van der Waals surface area contributed by atoms with Gasteiger partial charge in [-0.2, -0.15) is 5.26 Å². The molecule has 1 heterocycles. The first-order valence-corrected chi connectivity index (χ1v) is 6.93. The predicted molar refractivity (Wildman–Crippen MR) is 88.5 cm³/mol. The van der Waals surface area contributed by atoms with E-state index in [1.165, 1.54) is 18.3 Å². The van der Waals surface area contributed by atoms with E-state index >= 15 is 0 Å². The van der Waals surface area contributed by atoms with Crippen LogP contribution in [0.3, 0.4) is 0 Å². The molecule has 1 aromatic carbocycles. The van der Waals surface area contributed by atoms with Crippen molar-refractivity contribution < 1.29 is 9.53 Å². The van der Waals surface area contributed by atoms with Crippen LogP contribution in [0, 0.1) is 11.3 Å². The molecule has 0 aliphatic rings. The summed E-state index contributed by atoms with van der Waals surface area (Å²) in [5.41, 5.74) is 6.95. The van der Waals surface area contributed by atoms with Crippen molar-refractivity contribution in [1.82, 2.24) is 4.98 Å². The molecule has 0 fully saturated rings. The van der Waals surface area contributed by atoms with Gasteiger partial charge in [-0.15, -0.1) is 0 Å². The van der Waals surface area contributed by atoms with Crippen molar-refractivity contribution in [1.29, 1.82) is 5.26 Å². The van der Waals surface area contributed by atoms with Crippen molar-refractivity contribution in [3.63, 3.8) is 0 Å². The highest BCUT2D eigenvalue weighted by atomic mass is 35.5. The zero-order valence-corrected chi connectivity index (χ0v) is 12.8. The SMILES string of the molecule is C=CCOc1ccnc(Cl)c1C(=O)Nc1ccc(C#N)cc1N. The van der Waals surface area contributed by atoms with Gasteiger partial charge in [-0.05, 0) is 24.3 Å². The molecule has 3 N–H and O–H groups in total. The number of halogens is 1. The molecule has 23 heavy (non-hydrogen) atoms. The number of anilines is 2. The summed E-state index contributed by atoms with van der Waals surface area (Å²) in [5.74, 6) is -0.229. The smallest absolute Gasteiger partial charge is 0.262 e. The Morgan fingerprint density at radius 3 is 2.96 bits per heavy atom. The first-order valence-electron chi connectivity index (χ1n) is 6.56. The molecule has 2 rings (SSSR count). The van der Waals surface area contributed by atoms with E-state index in [4.69, 9.17) is 27.3 Å². The lowest BCUT2D eigenvalue weighted by molar-refractivity contribution is 0.102. The Balaban J connectivity index is 2.31. The maximum Gasteiger partial charge on any atom is 0.262 e. The zero-order chi connectivity index (χ0) is 16.8. The van der Waals surface area contributed by atoms with Gasteiger partial charge in [0.1, 0.15) is 23.1 Å². The molecular weight excluding hydrogens is 316 g/mol. The molecule has 6 nitrogen and oxygen atoms in total. The molecule has 0 radical (unpaired) electrons. The number of nitriles is 1. The molecule has 0 saturated carbocycles. The number of hydrogen-bond acceptors (Lipinski definition) is 5. The normalized spacial score (nSPS) is 9.74. The van der Waals surface area contributed by atoms with Crippen molar-refractivity contribution in [3.8, 4) is 11.8 Å². The minimum Gasteiger partial charge on any atom is -0.489 e. The second-order valence-electron chi connectivity index (χ2n) is 4.44. The maximum atomic E-state index is 12.5. The predicted octanol–water partition coefficient (Wildman–Crippen LogP) is 3.01. The Labute approximate surface area is 138 Å². The summed E-state index contributed by atoms with van der Waals surface area (Å²) in [6, 6.07) is 8.06. The van der Waals surface area contributed by atoms with Gasteiger partial charge in [-0.25, -0.2) is 4.98 Å². The largest absolute Gasteiger partial charge is 0.489 e. The molecule has 2 aromatic rings. The lowest BCUT2D eigenvalue weighted by Crippen LogP contribution is -2.16. The van der Waals surface area contributed by atoms with Crippen LogP contribution in [0.2, 0.25) is 5.15 Å². The molecule has 0 bridgehead atoms. The number of nitrogens with two attached hydrogens (primary N) is 1. The number of benzene rings is 1. The second-order valence-corrected chi connectivity index (χ2v) is 4.80. The third kappa shape index (κ3) is 3.78. The van der Waals surface area contributed by atoms with E-state index in [1.54, 1.807) is 18.2 Å². The lowest BCUT2D eigenvalue weighted by atomic mass is 10.1. The Kier molecular flexibility index (Phi) is 5.18. The summed E-state index contributed by atoms with van der Waals surface area (Å²) in [4.78, 5) is 16.3. The van der Waals surface area contributed by atoms with Gasteiger partial charge in [-0.3, -0.25) is 4.79 Å². The molecule has 0 atom stereocenters. The molecular formula is C16H13ClN4O2. The molecule has 1 aromatic heterocycles. The maximum absolute atomic E-state index is 12.5. The van der Waals surface area contributed by atoms with E-state index in [1.807, 2.05) is 6.07 Å². The zero-order valence-electron chi connectivity index (χ0n) is 12.0. The monoisotopic (exact) mass is 328 g/mol. The van der Waals surface area contributed by atoms with Gasteiger partial charge in [-0.1, -0.05) is 24.3 Å².